The highest BCUT2D eigenvalue weighted by Crippen LogP contribution is 2.39. The lowest BCUT2D eigenvalue weighted by Gasteiger charge is -2.31. The van der Waals surface area contributed by atoms with E-state index in [9.17, 15) is 31.2 Å². The molecule has 1 saturated heterocycles. The van der Waals surface area contributed by atoms with E-state index in [1.165, 1.54) is 4.31 Å². The lowest BCUT2D eigenvalue weighted by molar-refractivity contribution is -0.147. The maximum absolute atomic E-state index is 13.3. The van der Waals surface area contributed by atoms with Crippen LogP contribution in [0.25, 0.3) is 0 Å². The molecular weight excluding hydrogens is 463 g/mol. The van der Waals surface area contributed by atoms with Crippen LogP contribution in [-0.2, 0) is 40.9 Å². The van der Waals surface area contributed by atoms with E-state index in [0.29, 0.717) is 30.4 Å². The fraction of sp³-hybridized carbons (Fsp3) is 0.550. The summed E-state index contributed by atoms with van der Waals surface area (Å²) in [7, 11) is -2.81. The summed E-state index contributed by atoms with van der Waals surface area (Å²) in [5, 5.41) is 3.47. The number of piperidine rings is 1. The van der Waals surface area contributed by atoms with Gasteiger partial charge in [-0.2, -0.15) is 17.5 Å². The summed E-state index contributed by atoms with van der Waals surface area (Å²) in [5.74, 6) is -1.22. The van der Waals surface area contributed by atoms with Crippen molar-refractivity contribution in [2.24, 2.45) is 7.05 Å². The highest BCUT2D eigenvalue weighted by molar-refractivity contribution is 7.89. The Kier molecular flexibility index (Phi) is 4.98. The van der Waals surface area contributed by atoms with E-state index in [4.69, 9.17) is 0 Å². The Morgan fingerprint density at radius 3 is 2.24 bits per heavy atom. The average Bonchev–Trinajstić information content (AvgIpc) is 3.33. The summed E-state index contributed by atoms with van der Waals surface area (Å²) in [4.78, 5) is 26.3. The molecule has 0 aliphatic carbocycles. The van der Waals surface area contributed by atoms with Crippen LogP contribution in [0.4, 0.5) is 18.9 Å². The Balaban J connectivity index is 1.37. The van der Waals surface area contributed by atoms with Crippen molar-refractivity contribution in [3.8, 4) is 0 Å². The molecule has 13 heteroatoms. The quantitative estimate of drug-likeness (QED) is 0.656. The Morgan fingerprint density at radius 1 is 1.00 bits per heavy atom. The zero-order valence-electron chi connectivity index (χ0n) is 17.8. The highest BCUT2D eigenvalue weighted by Gasteiger charge is 2.40. The molecule has 1 aromatic heterocycles. The van der Waals surface area contributed by atoms with Gasteiger partial charge in [0.15, 0.2) is 0 Å². The van der Waals surface area contributed by atoms with Crippen molar-refractivity contribution in [3.05, 3.63) is 39.6 Å². The van der Waals surface area contributed by atoms with Crippen molar-refractivity contribution in [2.75, 3.05) is 24.5 Å². The molecule has 0 atom stereocenters. The van der Waals surface area contributed by atoms with Gasteiger partial charge in [-0.1, -0.05) is 0 Å². The molecule has 2 aromatic rings. The number of halogens is 3. The predicted octanol–water partition coefficient (Wildman–Crippen LogP) is 1.46. The Labute approximate surface area is 187 Å². The predicted molar refractivity (Wildman–Crippen MR) is 110 cm³/mol. The lowest BCUT2D eigenvalue weighted by Crippen LogP contribution is -2.41. The number of hydrogen-bond donors (Lipinski definition) is 0. The van der Waals surface area contributed by atoms with Crippen molar-refractivity contribution in [3.63, 3.8) is 0 Å². The van der Waals surface area contributed by atoms with Crippen LogP contribution in [0.15, 0.2) is 21.8 Å². The molecule has 5 rings (SSSR count). The maximum atomic E-state index is 13.3. The van der Waals surface area contributed by atoms with Gasteiger partial charge >= 0.3 is 11.9 Å². The molecule has 0 N–H and O–H groups in total. The van der Waals surface area contributed by atoms with Gasteiger partial charge in [-0.3, -0.25) is 9.36 Å². The van der Waals surface area contributed by atoms with Crippen LogP contribution in [0.2, 0.25) is 0 Å². The Hall–Kier alpha value is -2.67. The number of hydrogen-bond acceptors (Lipinski definition) is 5. The number of sulfonamides is 1. The third-order valence-electron chi connectivity index (χ3n) is 6.69. The molecule has 4 heterocycles. The van der Waals surface area contributed by atoms with Crippen LogP contribution < -0.4 is 10.6 Å². The van der Waals surface area contributed by atoms with E-state index in [2.05, 4.69) is 5.10 Å². The monoisotopic (exact) mass is 485 g/mol. The third-order valence-corrected chi connectivity index (χ3v) is 8.57. The van der Waals surface area contributed by atoms with Crippen LogP contribution in [0.5, 0.6) is 0 Å². The van der Waals surface area contributed by atoms with Gasteiger partial charge in [0.2, 0.25) is 21.8 Å². The Bertz CT molecular complexity index is 1310. The number of amides is 1. The van der Waals surface area contributed by atoms with Crippen LogP contribution in [-0.4, -0.2) is 52.6 Å². The number of benzene rings is 1. The zero-order chi connectivity index (χ0) is 23.7. The summed E-state index contributed by atoms with van der Waals surface area (Å²) in [6.07, 6.45) is -2.96. The van der Waals surface area contributed by atoms with Gasteiger partial charge in [0.25, 0.3) is 0 Å². The van der Waals surface area contributed by atoms with Gasteiger partial charge in [0.05, 0.1) is 16.6 Å². The molecule has 33 heavy (non-hydrogen) atoms. The fourth-order valence-electron chi connectivity index (χ4n) is 4.99. The number of nitrogens with zero attached hydrogens (tertiary/aromatic N) is 5. The van der Waals surface area contributed by atoms with Gasteiger partial charge < -0.3 is 4.90 Å². The van der Waals surface area contributed by atoms with E-state index in [-0.39, 0.29) is 36.7 Å². The number of carbonyl (C=O) groups excluding carboxylic acids is 1. The molecule has 0 radical (unpaired) electrons. The topological polar surface area (TPSA) is 97.5 Å². The normalized spacial score (nSPS) is 19.9. The average molecular weight is 485 g/mol. The zero-order valence-corrected chi connectivity index (χ0v) is 18.6. The first-order valence-corrected chi connectivity index (χ1v) is 12.1. The van der Waals surface area contributed by atoms with Crippen molar-refractivity contribution in [1.29, 1.82) is 0 Å². The summed E-state index contributed by atoms with van der Waals surface area (Å²) < 4.78 is 68.5. The summed E-state index contributed by atoms with van der Waals surface area (Å²) in [6, 6.07) is 2.63. The van der Waals surface area contributed by atoms with Gasteiger partial charge in [-0.05, 0) is 48.9 Å². The molecule has 0 spiro atoms. The fourth-order valence-corrected chi connectivity index (χ4v) is 6.56. The van der Waals surface area contributed by atoms with Crippen molar-refractivity contribution in [2.45, 2.75) is 49.2 Å². The van der Waals surface area contributed by atoms with Gasteiger partial charge in [0, 0.05) is 33.1 Å². The highest BCUT2D eigenvalue weighted by atomic mass is 32.2. The van der Waals surface area contributed by atoms with Gasteiger partial charge in [-0.15, -0.1) is 5.10 Å². The van der Waals surface area contributed by atoms with Crippen molar-refractivity contribution >= 4 is 21.6 Å². The van der Waals surface area contributed by atoms with E-state index in [1.54, 1.807) is 17.0 Å². The molecule has 0 saturated carbocycles. The minimum atomic E-state index is -4.75. The number of carbonyl (C=O) groups is 1. The Morgan fingerprint density at radius 2 is 1.64 bits per heavy atom. The molecule has 3 aliphatic heterocycles. The largest absolute Gasteiger partial charge is 0.451 e. The molecule has 0 bridgehead atoms. The SMILES string of the molecule is Cn1c(C(F)(F)F)nn(C2CCN(S(=O)(=O)c3cc4c5c(c3)CCN5C(=O)CC4)CC2)c1=O. The number of anilines is 1. The van der Waals surface area contributed by atoms with E-state index < -0.39 is 33.8 Å². The number of alkyl halides is 3. The molecule has 9 nitrogen and oxygen atoms in total. The van der Waals surface area contributed by atoms with Crippen LogP contribution in [0, 0.1) is 0 Å². The maximum Gasteiger partial charge on any atom is 0.451 e. The first-order valence-electron chi connectivity index (χ1n) is 10.7. The van der Waals surface area contributed by atoms with Crippen LogP contribution in [0.3, 0.4) is 0 Å². The minimum absolute atomic E-state index is 0.0531. The molecule has 178 valence electrons. The van der Waals surface area contributed by atoms with Crippen molar-refractivity contribution in [1.82, 2.24) is 18.7 Å². The lowest BCUT2D eigenvalue weighted by atomic mass is 10.00. The smallest absolute Gasteiger partial charge is 0.312 e. The number of rotatable bonds is 3. The van der Waals surface area contributed by atoms with Gasteiger partial charge in [0.1, 0.15) is 0 Å². The standard InChI is InChI=1S/C20H22F3N5O4S/c1-25-18(20(21,22)23)24-28(19(25)30)14-5-7-26(8-6-14)33(31,32)15-10-12-2-3-16(29)27-9-4-13(11-15)17(12)27/h10-11,14H,2-9H2,1H3. The second-order valence-electron chi connectivity index (χ2n) is 8.63. The first-order chi connectivity index (χ1) is 15.5. The molecule has 1 fully saturated rings. The second kappa shape index (κ2) is 7.42. The summed E-state index contributed by atoms with van der Waals surface area (Å²) in [6.45, 7) is 0.678. The minimum Gasteiger partial charge on any atom is -0.312 e. The second-order valence-corrected chi connectivity index (χ2v) is 10.6. The van der Waals surface area contributed by atoms with Crippen LogP contribution in [0.1, 0.15) is 42.3 Å². The van der Waals surface area contributed by atoms with E-state index >= 15 is 0 Å². The molecular formula is C20H22F3N5O4S. The molecule has 1 amide bonds. The first kappa shape index (κ1) is 22.1. The van der Waals surface area contributed by atoms with Crippen LogP contribution >= 0.6 is 0 Å². The van der Waals surface area contributed by atoms with Crippen molar-refractivity contribution < 1.29 is 26.4 Å². The molecule has 1 aromatic carbocycles. The van der Waals surface area contributed by atoms with E-state index in [1.807, 2.05) is 0 Å². The molecule has 3 aliphatic rings. The number of aryl methyl sites for hydroxylation is 1. The number of aromatic nitrogens is 3. The summed E-state index contributed by atoms with van der Waals surface area (Å²) in [5.41, 5.74) is 1.64. The summed E-state index contributed by atoms with van der Waals surface area (Å²) >= 11 is 0. The molecule has 0 unspecified atom stereocenters. The third kappa shape index (κ3) is 3.48. The van der Waals surface area contributed by atoms with E-state index in [0.717, 1.165) is 28.5 Å². The van der Waals surface area contributed by atoms with Gasteiger partial charge in [-0.25, -0.2) is 17.9 Å².